The van der Waals surface area contributed by atoms with Crippen molar-refractivity contribution in [1.29, 1.82) is 0 Å². The lowest BCUT2D eigenvalue weighted by Crippen LogP contribution is -2.26. The van der Waals surface area contributed by atoms with Crippen LogP contribution in [0.5, 0.6) is 0 Å². The summed E-state index contributed by atoms with van der Waals surface area (Å²) in [6.07, 6.45) is 1.53. The normalized spacial score (nSPS) is 12.2. The second-order valence-electron chi connectivity index (χ2n) is 3.13. The highest BCUT2D eigenvalue weighted by Gasteiger charge is 2.11. The average Bonchev–Trinajstić information content (AvgIpc) is 2.11. The number of nitrogens with one attached hydrogen (secondary N) is 1. The van der Waals surface area contributed by atoms with E-state index in [9.17, 15) is 4.79 Å². The molecule has 1 rings (SSSR count). The van der Waals surface area contributed by atoms with E-state index in [0.717, 1.165) is 11.4 Å². The van der Waals surface area contributed by atoms with Crippen molar-refractivity contribution in [2.75, 3.05) is 5.32 Å². The molecule has 0 aliphatic rings. The van der Waals surface area contributed by atoms with Crippen LogP contribution in [0.25, 0.3) is 0 Å². The van der Waals surface area contributed by atoms with Gasteiger partial charge in [-0.05, 0) is 20.8 Å². The van der Waals surface area contributed by atoms with Gasteiger partial charge in [0, 0.05) is 0 Å². The van der Waals surface area contributed by atoms with E-state index in [1.165, 1.54) is 6.20 Å². The van der Waals surface area contributed by atoms with Crippen molar-refractivity contribution in [2.24, 2.45) is 0 Å². The van der Waals surface area contributed by atoms with E-state index in [4.69, 9.17) is 5.11 Å². The highest BCUT2D eigenvalue weighted by molar-refractivity contribution is 5.76. The first-order valence-electron chi connectivity index (χ1n) is 4.30. The van der Waals surface area contributed by atoms with Gasteiger partial charge < -0.3 is 10.4 Å². The van der Waals surface area contributed by atoms with Crippen LogP contribution in [0.3, 0.4) is 0 Å². The summed E-state index contributed by atoms with van der Waals surface area (Å²) in [6.45, 7) is 5.24. The zero-order valence-electron chi connectivity index (χ0n) is 8.40. The highest BCUT2D eigenvalue weighted by atomic mass is 16.4. The lowest BCUT2D eigenvalue weighted by Gasteiger charge is -2.10. The van der Waals surface area contributed by atoms with E-state index >= 15 is 0 Å². The Bertz CT molecular complexity index is 352. The Kier molecular flexibility index (Phi) is 3.01. The molecule has 0 amide bonds. The van der Waals surface area contributed by atoms with Gasteiger partial charge in [-0.1, -0.05) is 0 Å². The van der Waals surface area contributed by atoms with Gasteiger partial charge in [-0.25, -0.2) is 4.98 Å². The molecule has 0 fully saturated rings. The fourth-order valence-corrected chi connectivity index (χ4v) is 0.895. The van der Waals surface area contributed by atoms with Crippen LogP contribution in [-0.4, -0.2) is 27.1 Å². The van der Waals surface area contributed by atoms with Crippen LogP contribution in [0.15, 0.2) is 6.20 Å². The van der Waals surface area contributed by atoms with Gasteiger partial charge in [0.25, 0.3) is 0 Å². The summed E-state index contributed by atoms with van der Waals surface area (Å²) in [7, 11) is 0. The summed E-state index contributed by atoms with van der Waals surface area (Å²) in [5, 5.41) is 11.4. The molecule has 1 aromatic rings. The van der Waals surface area contributed by atoms with Crippen LogP contribution in [0.1, 0.15) is 18.3 Å². The van der Waals surface area contributed by atoms with Gasteiger partial charge in [0.15, 0.2) is 0 Å². The van der Waals surface area contributed by atoms with E-state index < -0.39 is 12.0 Å². The lowest BCUT2D eigenvalue weighted by molar-refractivity contribution is -0.137. The Balaban J connectivity index is 2.78. The number of hydrogen-bond acceptors (Lipinski definition) is 4. The van der Waals surface area contributed by atoms with Crippen molar-refractivity contribution in [1.82, 2.24) is 9.97 Å². The van der Waals surface area contributed by atoms with Crippen LogP contribution in [-0.2, 0) is 4.79 Å². The largest absolute Gasteiger partial charge is 0.480 e. The molecule has 0 aromatic carbocycles. The second kappa shape index (κ2) is 4.04. The van der Waals surface area contributed by atoms with Gasteiger partial charge in [0.1, 0.15) is 11.9 Å². The smallest absolute Gasteiger partial charge is 0.325 e. The van der Waals surface area contributed by atoms with Crippen molar-refractivity contribution >= 4 is 11.8 Å². The highest BCUT2D eigenvalue weighted by Crippen LogP contribution is 2.06. The van der Waals surface area contributed by atoms with E-state index in [1.54, 1.807) is 6.92 Å². The molecule has 0 saturated carbocycles. The zero-order valence-corrected chi connectivity index (χ0v) is 8.40. The number of carboxylic acids is 1. The second-order valence-corrected chi connectivity index (χ2v) is 3.13. The molecule has 0 aliphatic carbocycles. The minimum Gasteiger partial charge on any atom is -0.480 e. The van der Waals surface area contributed by atoms with Crippen molar-refractivity contribution < 1.29 is 9.90 Å². The summed E-state index contributed by atoms with van der Waals surface area (Å²) in [6, 6.07) is -0.661. The Morgan fingerprint density at radius 2 is 2.14 bits per heavy atom. The number of carboxylic acid groups (broad SMARTS) is 1. The van der Waals surface area contributed by atoms with Crippen molar-refractivity contribution in [3.63, 3.8) is 0 Å². The minimum atomic E-state index is -0.912. The standard InChI is InChI=1S/C9H13N3O2/c1-5-6(2)11-8(4-10-5)12-7(3)9(13)14/h4,7H,1-3H3,(H,11,12)(H,13,14). The molecule has 76 valence electrons. The number of aromatic nitrogens is 2. The topological polar surface area (TPSA) is 75.1 Å². The van der Waals surface area contributed by atoms with E-state index in [1.807, 2.05) is 13.8 Å². The molecule has 5 heteroatoms. The molecular formula is C9H13N3O2. The SMILES string of the molecule is Cc1ncc(NC(C)C(=O)O)nc1C. The number of aliphatic carboxylic acids is 1. The molecule has 0 saturated heterocycles. The monoisotopic (exact) mass is 195 g/mol. The number of anilines is 1. The molecule has 14 heavy (non-hydrogen) atoms. The third-order valence-corrected chi connectivity index (χ3v) is 1.93. The third-order valence-electron chi connectivity index (χ3n) is 1.93. The van der Waals surface area contributed by atoms with E-state index in [2.05, 4.69) is 15.3 Å². The predicted octanol–water partition coefficient (Wildman–Crippen LogP) is 0.978. The van der Waals surface area contributed by atoms with Gasteiger partial charge in [0.05, 0.1) is 17.6 Å². The number of rotatable bonds is 3. The van der Waals surface area contributed by atoms with Gasteiger partial charge in [0.2, 0.25) is 0 Å². The Labute approximate surface area is 82.2 Å². The van der Waals surface area contributed by atoms with Crippen LogP contribution in [0.4, 0.5) is 5.82 Å². The Hall–Kier alpha value is -1.65. The minimum absolute atomic E-state index is 0.489. The molecule has 2 N–H and O–H groups in total. The Morgan fingerprint density at radius 1 is 1.50 bits per heavy atom. The fourth-order valence-electron chi connectivity index (χ4n) is 0.895. The molecule has 0 aliphatic heterocycles. The molecule has 1 unspecified atom stereocenters. The molecule has 0 spiro atoms. The van der Waals surface area contributed by atoms with Gasteiger partial charge in [-0.2, -0.15) is 0 Å². The fraction of sp³-hybridized carbons (Fsp3) is 0.444. The van der Waals surface area contributed by atoms with Crippen molar-refractivity contribution in [2.45, 2.75) is 26.8 Å². The maximum atomic E-state index is 10.5. The van der Waals surface area contributed by atoms with Crippen molar-refractivity contribution in [3.8, 4) is 0 Å². The van der Waals surface area contributed by atoms with Crippen LogP contribution in [0, 0.1) is 13.8 Å². The molecule has 1 heterocycles. The molecular weight excluding hydrogens is 182 g/mol. The molecule has 0 radical (unpaired) electrons. The molecule has 1 aromatic heterocycles. The van der Waals surface area contributed by atoms with Crippen LogP contribution >= 0.6 is 0 Å². The Morgan fingerprint density at radius 3 is 2.64 bits per heavy atom. The number of aryl methyl sites for hydroxylation is 2. The quantitative estimate of drug-likeness (QED) is 0.751. The number of hydrogen-bond donors (Lipinski definition) is 2. The summed E-state index contributed by atoms with van der Waals surface area (Å²) in [5.41, 5.74) is 1.64. The first kappa shape index (κ1) is 10.4. The maximum Gasteiger partial charge on any atom is 0.325 e. The molecule has 5 nitrogen and oxygen atoms in total. The van der Waals surface area contributed by atoms with Crippen LogP contribution < -0.4 is 5.32 Å². The average molecular weight is 195 g/mol. The van der Waals surface area contributed by atoms with Crippen LogP contribution in [0.2, 0.25) is 0 Å². The molecule has 1 atom stereocenters. The third kappa shape index (κ3) is 2.42. The first-order chi connectivity index (χ1) is 6.50. The lowest BCUT2D eigenvalue weighted by atomic mass is 10.3. The van der Waals surface area contributed by atoms with Crippen molar-refractivity contribution in [3.05, 3.63) is 17.6 Å². The summed E-state index contributed by atoms with van der Waals surface area (Å²) < 4.78 is 0. The summed E-state index contributed by atoms with van der Waals surface area (Å²) in [4.78, 5) is 18.8. The summed E-state index contributed by atoms with van der Waals surface area (Å²) in [5.74, 6) is -0.423. The maximum absolute atomic E-state index is 10.5. The van der Waals surface area contributed by atoms with E-state index in [0.29, 0.717) is 5.82 Å². The zero-order chi connectivity index (χ0) is 10.7. The van der Waals surface area contributed by atoms with Gasteiger partial charge in [-0.3, -0.25) is 9.78 Å². The number of nitrogens with zero attached hydrogens (tertiary/aromatic N) is 2. The predicted molar refractivity (Wildman–Crippen MR) is 52.2 cm³/mol. The van der Waals surface area contributed by atoms with E-state index in [-0.39, 0.29) is 0 Å². The van der Waals surface area contributed by atoms with Gasteiger partial charge in [-0.15, -0.1) is 0 Å². The summed E-state index contributed by atoms with van der Waals surface area (Å²) >= 11 is 0. The van der Waals surface area contributed by atoms with Gasteiger partial charge >= 0.3 is 5.97 Å². The number of carbonyl (C=O) groups is 1. The molecule has 0 bridgehead atoms. The first-order valence-corrected chi connectivity index (χ1v) is 4.30.